The molecule has 3 nitrogen and oxygen atoms in total. The monoisotopic (exact) mass is 250 g/mol. The maximum atomic E-state index is 9.37. The SMILES string of the molecule is COc1cccc(CO)c1OC1CCC(C)CC1. The van der Waals surface area contributed by atoms with Crippen LogP contribution in [0.25, 0.3) is 0 Å². The molecule has 100 valence electrons. The van der Waals surface area contributed by atoms with E-state index < -0.39 is 0 Å². The van der Waals surface area contributed by atoms with Crippen molar-refractivity contribution in [2.24, 2.45) is 5.92 Å². The molecule has 1 aliphatic carbocycles. The predicted molar refractivity (Wildman–Crippen MR) is 71.0 cm³/mol. The Morgan fingerprint density at radius 2 is 1.94 bits per heavy atom. The smallest absolute Gasteiger partial charge is 0.167 e. The normalized spacial score (nSPS) is 23.7. The van der Waals surface area contributed by atoms with Crippen molar-refractivity contribution in [2.75, 3.05) is 7.11 Å². The van der Waals surface area contributed by atoms with Gasteiger partial charge in [-0.05, 0) is 37.7 Å². The fourth-order valence-corrected chi connectivity index (χ4v) is 2.49. The molecule has 0 saturated heterocycles. The van der Waals surface area contributed by atoms with Gasteiger partial charge in [0.25, 0.3) is 0 Å². The van der Waals surface area contributed by atoms with Gasteiger partial charge in [-0.15, -0.1) is 0 Å². The van der Waals surface area contributed by atoms with Gasteiger partial charge in [0.1, 0.15) is 0 Å². The Hall–Kier alpha value is -1.22. The van der Waals surface area contributed by atoms with Crippen molar-refractivity contribution in [1.82, 2.24) is 0 Å². The highest BCUT2D eigenvalue weighted by Gasteiger charge is 2.22. The van der Waals surface area contributed by atoms with Crippen LogP contribution in [0.15, 0.2) is 18.2 Å². The summed E-state index contributed by atoms with van der Waals surface area (Å²) in [7, 11) is 1.63. The van der Waals surface area contributed by atoms with Crippen LogP contribution in [0.4, 0.5) is 0 Å². The van der Waals surface area contributed by atoms with Crippen LogP contribution in [0, 0.1) is 5.92 Å². The lowest BCUT2D eigenvalue weighted by molar-refractivity contribution is 0.127. The third kappa shape index (κ3) is 2.96. The minimum atomic E-state index is -0.0182. The maximum absolute atomic E-state index is 9.37. The first-order valence-corrected chi connectivity index (χ1v) is 6.68. The number of aliphatic hydroxyl groups is 1. The van der Waals surface area contributed by atoms with Gasteiger partial charge in [-0.2, -0.15) is 0 Å². The lowest BCUT2D eigenvalue weighted by Crippen LogP contribution is -2.23. The van der Waals surface area contributed by atoms with Gasteiger partial charge in [0.2, 0.25) is 0 Å². The molecule has 1 fully saturated rings. The topological polar surface area (TPSA) is 38.7 Å². The quantitative estimate of drug-likeness (QED) is 0.892. The molecule has 0 bridgehead atoms. The Morgan fingerprint density at radius 1 is 1.22 bits per heavy atom. The Labute approximate surface area is 109 Å². The first-order chi connectivity index (χ1) is 8.74. The molecule has 0 aromatic heterocycles. The molecule has 1 saturated carbocycles. The van der Waals surface area contributed by atoms with Crippen molar-refractivity contribution >= 4 is 0 Å². The molecule has 1 aliphatic rings. The second-order valence-corrected chi connectivity index (χ2v) is 5.11. The molecule has 0 radical (unpaired) electrons. The third-order valence-corrected chi connectivity index (χ3v) is 3.70. The molecule has 0 aliphatic heterocycles. The maximum Gasteiger partial charge on any atom is 0.167 e. The van der Waals surface area contributed by atoms with E-state index in [-0.39, 0.29) is 12.7 Å². The lowest BCUT2D eigenvalue weighted by atomic mass is 9.89. The number of hydrogen-bond acceptors (Lipinski definition) is 3. The summed E-state index contributed by atoms with van der Waals surface area (Å²) in [6, 6.07) is 5.63. The summed E-state index contributed by atoms with van der Waals surface area (Å²) in [4.78, 5) is 0. The van der Waals surface area contributed by atoms with E-state index in [1.807, 2.05) is 18.2 Å². The third-order valence-electron chi connectivity index (χ3n) is 3.70. The van der Waals surface area contributed by atoms with Crippen molar-refractivity contribution in [3.8, 4) is 11.5 Å². The van der Waals surface area contributed by atoms with E-state index in [1.54, 1.807) is 7.11 Å². The fraction of sp³-hybridized carbons (Fsp3) is 0.600. The van der Waals surface area contributed by atoms with E-state index in [1.165, 1.54) is 12.8 Å². The van der Waals surface area contributed by atoms with Crippen molar-refractivity contribution in [2.45, 2.75) is 45.3 Å². The summed E-state index contributed by atoms with van der Waals surface area (Å²) in [5.74, 6) is 2.22. The van der Waals surface area contributed by atoms with Gasteiger partial charge in [0.15, 0.2) is 11.5 Å². The second-order valence-electron chi connectivity index (χ2n) is 5.11. The second kappa shape index (κ2) is 6.10. The highest BCUT2D eigenvalue weighted by atomic mass is 16.5. The van der Waals surface area contributed by atoms with Gasteiger partial charge in [0, 0.05) is 5.56 Å². The van der Waals surface area contributed by atoms with E-state index in [0.717, 1.165) is 24.3 Å². The van der Waals surface area contributed by atoms with Gasteiger partial charge in [0.05, 0.1) is 19.8 Å². The highest BCUT2D eigenvalue weighted by molar-refractivity contribution is 5.46. The molecular weight excluding hydrogens is 228 g/mol. The van der Waals surface area contributed by atoms with Crippen molar-refractivity contribution in [3.63, 3.8) is 0 Å². The van der Waals surface area contributed by atoms with E-state index in [0.29, 0.717) is 11.5 Å². The van der Waals surface area contributed by atoms with Gasteiger partial charge in [-0.1, -0.05) is 19.1 Å². The van der Waals surface area contributed by atoms with Crippen molar-refractivity contribution < 1.29 is 14.6 Å². The number of para-hydroxylation sites is 1. The molecule has 1 N–H and O–H groups in total. The van der Waals surface area contributed by atoms with Crippen LogP contribution in [-0.4, -0.2) is 18.3 Å². The molecule has 2 rings (SSSR count). The van der Waals surface area contributed by atoms with Gasteiger partial charge in [-0.25, -0.2) is 0 Å². The molecule has 3 heteroatoms. The molecule has 0 atom stereocenters. The molecule has 0 unspecified atom stereocenters. The van der Waals surface area contributed by atoms with Gasteiger partial charge < -0.3 is 14.6 Å². The number of aliphatic hydroxyl groups excluding tert-OH is 1. The molecule has 1 aromatic carbocycles. The van der Waals surface area contributed by atoms with Crippen LogP contribution in [-0.2, 0) is 6.61 Å². The summed E-state index contributed by atoms with van der Waals surface area (Å²) >= 11 is 0. The zero-order chi connectivity index (χ0) is 13.0. The van der Waals surface area contributed by atoms with E-state index >= 15 is 0 Å². The zero-order valence-corrected chi connectivity index (χ0v) is 11.2. The summed E-state index contributed by atoms with van der Waals surface area (Å²) in [6.45, 7) is 2.27. The number of hydrogen-bond donors (Lipinski definition) is 1. The van der Waals surface area contributed by atoms with Crippen LogP contribution < -0.4 is 9.47 Å². The minimum absolute atomic E-state index is 0.0182. The lowest BCUT2D eigenvalue weighted by Gasteiger charge is -2.28. The standard InChI is InChI=1S/C15H22O3/c1-11-6-8-13(9-7-11)18-15-12(10-16)4-3-5-14(15)17-2/h3-5,11,13,16H,6-10H2,1-2H3. The Bertz CT molecular complexity index is 359. The van der Waals surface area contributed by atoms with E-state index in [9.17, 15) is 5.11 Å². The fourth-order valence-electron chi connectivity index (χ4n) is 2.49. The Balaban J connectivity index is 2.12. The Morgan fingerprint density at radius 3 is 2.56 bits per heavy atom. The van der Waals surface area contributed by atoms with Crippen LogP contribution in [0.5, 0.6) is 11.5 Å². The van der Waals surface area contributed by atoms with Gasteiger partial charge in [-0.3, -0.25) is 0 Å². The van der Waals surface area contributed by atoms with E-state index in [2.05, 4.69) is 6.92 Å². The molecule has 18 heavy (non-hydrogen) atoms. The summed E-state index contributed by atoms with van der Waals surface area (Å²) in [5.41, 5.74) is 0.799. The zero-order valence-electron chi connectivity index (χ0n) is 11.2. The van der Waals surface area contributed by atoms with Crippen molar-refractivity contribution in [3.05, 3.63) is 23.8 Å². The number of rotatable bonds is 4. The summed E-state index contributed by atoms with van der Waals surface area (Å²) in [5, 5.41) is 9.37. The summed E-state index contributed by atoms with van der Waals surface area (Å²) in [6.07, 6.45) is 4.86. The number of methoxy groups -OCH3 is 1. The Kier molecular flexibility index (Phi) is 4.48. The van der Waals surface area contributed by atoms with Crippen molar-refractivity contribution in [1.29, 1.82) is 0 Å². The van der Waals surface area contributed by atoms with Crippen LogP contribution in [0.1, 0.15) is 38.2 Å². The molecule has 0 spiro atoms. The first-order valence-electron chi connectivity index (χ1n) is 6.68. The molecular formula is C15H22O3. The van der Waals surface area contributed by atoms with Crippen LogP contribution in [0.3, 0.4) is 0 Å². The molecule has 0 heterocycles. The average molecular weight is 250 g/mol. The first kappa shape index (κ1) is 13.2. The van der Waals surface area contributed by atoms with E-state index in [4.69, 9.17) is 9.47 Å². The number of benzene rings is 1. The van der Waals surface area contributed by atoms with Crippen LogP contribution >= 0.6 is 0 Å². The number of ether oxygens (including phenoxy) is 2. The summed E-state index contributed by atoms with van der Waals surface area (Å²) < 4.78 is 11.4. The minimum Gasteiger partial charge on any atom is -0.493 e. The largest absolute Gasteiger partial charge is 0.493 e. The van der Waals surface area contributed by atoms with Crippen LogP contribution in [0.2, 0.25) is 0 Å². The molecule has 1 aromatic rings. The average Bonchev–Trinajstić information content (AvgIpc) is 2.41. The highest BCUT2D eigenvalue weighted by Crippen LogP contribution is 2.35. The van der Waals surface area contributed by atoms with Gasteiger partial charge >= 0.3 is 0 Å². The predicted octanol–water partition coefficient (Wildman–Crippen LogP) is 3.15. The molecule has 0 amide bonds.